The number of aromatic nitrogens is 4. The van der Waals surface area contributed by atoms with Gasteiger partial charge in [-0.25, -0.2) is 9.97 Å². The Kier molecular flexibility index (Phi) is 5.75. The van der Waals surface area contributed by atoms with Gasteiger partial charge in [0.1, 0.15) is 5.69 Å². The summed E-state index contributed by atoms with van der Waals surface area (Å²) in [5.74, 6) is 0.995. The topological polar surface area (TPSA) is 123 Å². The molecule has 8 heteroatoms. The van der Waals surface area contributed by atoms with Crippen molar-refractivity contribution in [1.82, 2.24) is 25.4 Å². The number of hydrogen-bond acceptors (Lipinski definition) is 7. The van der Waals surface area contributed by atoms with Gasteiger partial charge in [-0.3, -0.25) is 4.79 Å². The third kappa shape index (κ3) is 4.29. The van der Waals surface area contributed by atoms with Gasteiger partial charge in [-0.15, -0.1) is 0 Å². The first-order valence-corrected chi connectivity index (χ1v) is 11.2. The zero-order valence-corrected chi connectivity index (χ0v) is 18.5. The van der Waals surface area contributed by atoms with Crippen molar-refractivity contribution in [3.63, 3.8) is 0 Å². The average Bonchev–Trinajstić information content (AvgIpc) is 3.53. The van der Waals surface area contributed by atoms with E-state index in [2.05, 4.69) is 20.4 Å². The lowest BCUT2D eigenvalue weighted by Crippen LogP contribution is -2.14. The number of nitrogen functional groups attached to an aromatic ring is 1. The van der Waals surface area contributed by atoms with Crippen molar-refractivity contribution < 1.29 is 4.52 Å². The zero-order valence-electron chi connectivity index (χ0n) is 18.5. The molecule has 3 heterocycles. The van der Waals surface area contributed by atoms with E-state index in [4.69, 9.17) is 15.2 Å². The van der Waals surface area contributed by atoms with Crippen molar-refractivity contribution in [1.29, 1.82) is 0 Å². The Morgan fingerprint density at radius 3 is 2.67 bits per heavy atom. The van der Waals surface area contributed by atoms with Crippen LogP contribution in [0.1, 0.15) is 42.7 Å². The highest BCUT2D eigenvalue weighted by Crippen LogP contribution is 2.34. The molecule has 1 fully saturated rings. The molecule has 168 valence electrons. The van der Waals surface area contributed by atoms with Gasteiger partial charge in [0.2, 0.25) is 0 Å². The summed E-state index contributed by atoms with van der Waals surface area (Å²) in [6.45, 7) is 0.802. The molecular formula is C25H26N6O2. The molecule has 8 nitrogen and oxygen atoms in total. The van der Waals surface area contributed by atoms with Crippen molar-refractivity contribution in [2.24, 2.45) is 0 Å². The summed E-state index contributed by atoms with van der Waals surface area (Å²) < 4.78 is 5.58. The Bertz CT molecular complexity index is 1320. The van der Waals surface area contributed by atoms with Crippen LogP contribution in [0, 0.1) is 0 Å². The summed E-state index contributed by atoms with van der Waals surface area (Å²) >= 11 is 0. The Morgan fingerprint density at radius 1 is 1.12 bits per heavy atom. The van der Waals surface area contributed by atoms with E-state index >= 15 is 0 Å². The fraction of sp³-hybridized carbons (Fsp3) is 0.280. The lowest BCUT2D eigenvalue weighted by molar-refractivity contribution is 0.434. The first-order valence-electron chi connectivity index (χ1n) is 11.2. The standard InChI is InChI=1S/C25H26N6O2/c1-27-12-15-6-8-17(9-7-15)20-11-22(33-31-20)23-24(26)28-14-21(30-23)18-10-19(25(32)29-13-18)16-4-2-3-5-16/h6-11,13-14,16,27H,2-5,12H2,1H3,(H2,26,28)(H,29,32). The molecule has 1 aliphatic rings. The van der Waals surface area contributed by atoms with E-state index in [9.17, 15) is 4.79 Å². The average molecular weight is 443 g/mol. The zero-order chi connectivity index (χ0) is 22.8. The van der Waals surface area contributed by atoms with Crippen LogP contribution in [0.25, 0.3) is 34.0 Å². The minimum Gasteiger partial charge on any atom is -0.382 e. The van der Waals surface area contributed by atoms with E-state index in [1.165, 1.54) is 5.56 Å². The first kappa shape index (κ1) is 21.1. The van der Waals surface area contributed by atoms with E-state index in [-0.39, 0.29) is 11.4 Å². The number of nitrogens with one attached hydrogen (secondary N) is 2. The van der Waals surface area contributed by atoms with Crippen molar-refractivity contribution in [2.45, 2.75) is 38.1 Å². The maximum atomic E-state index is 12.4. The molecule has 1 aliphatic carbocycles. The molecule has 4 N–H and O–H groups in total. The second-order valence-electron chi connectivity index (χ2n) is 8.45. The van der Waals surface area contributed by atoms with E-state index < -0.39 is 0 Å². The molecule has 5 rings (SSSR count). The van der Waals surface area contributed by atoms with Gasteiger partial charge < -0.3 is 20.6 Å². The number of pyridine rings is 1. The van der Waals surface area contributed by atoms with Gasteiger partial charge in [0.25, 0.3) is 5.56 Å². The molecule has 1 aromatic carbocycles. The molecule has 0 saturated heterocycles. The van der Waals surface area contributed by atoms with Crippen molar-refractivity contribution in [2.75, 3.05) is 12.8 Å². The number of benzene rings is 1. The van der Waals surface area contributed by atoms with Crippen LogP contribution in [-0.4, -0.2) is 27.2 Å². The number of hydrogen-bond donors (Lipinski definition) is 3. The van der Waals surface area contributed by atoms with Gasteiger partial charge in [-0.1, -0.05) is 42.3 Å². The highest BCUT2D eigenvalue weighted by atomic mass is 16.5. The van der Waals surface area contributed by atoms with Crippen LogP contribution < -0.4 is 16.6 Å². The normalized spacial score (nSPS) is 14.1. The minimum absolute atomic E-state index is 0.0325. The van der Waals surface area contributed by atoms with Crippen LogP contribution in [0.4, 0.5) is 5.82 Å². The number of anilines is 1. The lowest BCUT2D eigenvalue weighted by Gasteiger charge is -2.10. The van der Waals surface area contributed by atoms with Crippen LogP contribution >= 0.6 is 0 Å². The monoisotopic (exact) mass is 442 g/mol. The predicted molar refractivity (Wildman–Crippen MR) is 127 cm³/mol. The van der Waals surface area contributed by atoms with Gasteiger partial charge in [0.05, 0.1) is 11.9 Å². The van der Waals surface area contributed by atoms with E-state index in [1.54, 1.807) is 12.4 Å². The smallest absolute Gasteiger partial charge is 0.251 e. The lowest BCUT2D eigenvalue weighted by atomic mass is 9.97. The maximum absolute atomic E-state index is 12.4. The Labute approximate surface area is 191 Å². The molecule has 0 bridgehead atoms. The molecule has 4 aromatic rings. The Hall–Kier alpha value is -3.78. The summed E-state index contributed by atoms with van der Waals surface area (Å²) in [6, 6.07) is 11.8. The van der Waals surface area contributed by atoms with Crippen molar-refractivity contribution in [3.8, 4) is 34.0 Å². The fourth-order valence-corrected chi connectivity index (χ4v) is 4.43. The minimum atomic E-state index is -0.0325. The van der Waals surface area contributed by atoms with Crippen molar-refractivity contribution >= 4 is 5.82 Å². The van der Waals surface area contributed by atoms with Gasteiger partial charge in [0.15, 0.2) is 17.3 Å². The molecule has 0 amide bonds. The summed E-state index contributed by atoms with van der Waals surface area (Å²) in [6.07, 6.45) is 7.69. The molecule has 0 radical (unpaired) electrons. The quantitative estimate of drug-likeness (QED) is 0.410. The summed E-state index contributed by atoms with van der Waals surface area (Å²) in [5.41, 5.74) is 11.6. The third-order valence-corrected chi connectivity index (χ3v) is 6.20. The number of aromatic amines is 1. The maximum Gasteiger partial charge on any atom is 0.251 e. The number of nitrogens with zero attached hydrogens (tertiary/aromatic N) is 3. The SMILES string of the molecule is CNCc1ccc(-c2cc(-c3nc(-c4c[nH]c(=O)c(C5CCCC5)c4)cnc3N)on2)cc1. The highest BCUT2D eigenvalue weighted by Gasteiger charge is 2.21. The molecule has 3 aromatic heterocycles. The fourth-order valence-electron chi connectivity index (χ4n) is 4.43. The Morgan fingerprint density at radius 2 is 1.91 bits per heavy atom. The number of rotatable bonds is 6. The molecule has 0 aliphatic heterocycles. The van der Waals surface area contributed by atoms with Gasteiger partial charge in [-0.2, -0.15) is 0 Å². The molecule has 0 unspecified atom stereocenters. The van der Waals surface area contributed by atoms with E-state index in [1.807, 2.05) is 43.4 Å². The molecule has 0 spiro atoms. The Balaban J connectivity index is 1.46. The number of H-pyrrole nitrogens is 1. The summed E-state index contributed by atoms with van der Waals surface area (Å²) in [4.78, 5) is 24.3. The summed E-state index contributed by atoms with van der Waals surface area (Å²) in [5, 5.41) is 7.33. The second-order valence-corrected chi connectivity index (χ2v) is 8.45. The van der Waals surface area contributed by atoms with Crippen LogP contribution in [0.2, 0.25) is 0 Å². The van der Waals surface area contributed by atoms with Crippen molar-refractivity contribution in [3.05, 3.63) is 70.3 Å². The van der Waals surface area contributed by atoms with Crippen LogP contribution in [-0.2, 0) is 6.54 Å². The van der Waals surface area contributed by atoms with Gasteiger partial charge >= 0.3 is 0 Å². The molecule has 0 atom stereocenters. The van der Waals surface area contributed by atoms with E-state index in [0.29, 0.717) is 28.8 Å². The second kappa shape index (κ2) is 8.99. The predicted octanol–water partition coefficient (Wildman–Crippen LogP) is 4.11. The molecule has 1 saturated carbocycles. The molecular weight excluding hydrogens is 416 g/mol. The van der Waals surface area contributed by atoms with Gasteiger partial charge in [-0.05, 0) is 37.4 Å². The van der Waals surface area contributed by atoms with Crippen LogP contribution in [0.5, 0.6) is 0 Å². The highest BCUT2D eigenvalue weighted by molar-refractivity contribution is 5.73. The van der Waals surface area contributed by atoms with Crippen LogP contribution in [0.3, 0.4) is 0 Å². The molecule has 33 heavy (non-hydrogen) atoms. The third-order valence-electron chi connectivity index (χ3n) is 6.20. The van der Waals surface area contributed by atoms with E-state index in [0.717, 1.165) is 48.9 Å². The summed E-state index contributed by atoms with van der Waals surface area (Å²) in [7, 11) is 1.92. The van der Waals surface area contributed by atoms with Gasteiger partial charge in [0, 0.05) is 35.5 Å². The first-order chi connectivity index (χ1) is 16.1. The number of nitrogens with two attached hydrogens (primary N) is 1. The van der Waals surface area contributed by atoms with Crippen LogP contribution in [0.15, 0.2) is 58.1 Å². The largest absolute Gasteiger partial charge is 0.382 e.